The summed E-state index contributed by atoms with van der Waals surface area (Å²) in [7, 11) is 0. The summed E-state index contributed by atoms with van der Waals surface area (Å²) in [5, 5.41) is 5.01. The van der Waals surface area contributed by atoms with Crippen molar-refractivity contribution < 1.29 is 0 Å². The van der Waals surface area contributed by atoms with E-state index in [0.29, 0.717) is 23.2 Å². The van der Waals surface area contributed by atoms with E-state index in [0.717, 1.165) is 27.8 Å². The summed E-state index contributed by atoms with van der Waals surface area (Å²) < 4.78 is 4.94. The lowest BCUT2D eigenvalue weighted by Gasteiger charge is -2.11. The first kappa shape index (κ1) is 28.5. The Morgan fingerprint density at radius 1 is 0.400 bits per heavy atom. The molecule has 0 bridgehead atoms. The second kappa shape index (κ2) is 11.6. The molecule has 234 valence electrons. The Balaban J connectivity index is 1.14. The molecule has 4 aromatic heterocycles. The molecule has 6 heteroatoms. The number of nitrogens with zero attached hydrogens (tertiary/aromatic N) is 5. The molecule has 0 aliphatic rings. The molecule has 6 aromatic carbocycles. The molecule has 10 aromatic rings. The van der Waals surface area contributed by atoms with E-state index in [9.17, 15) is 0 Å². The number of thiophene rings is 1. The van der Waals surface area contributed by atoms with Crippen molar-refractivity contribution in [2.75, 3.05) is 0 Å². The fourth-order valence-corrected chi connectivity index (χ4v) is 8.08. The fourth-order valence-electron chi connectivity index (χ4n) is 6.94. The molecule has 0 spiro atoms. The molecule has 0 aliphatic heterocycles. The summed E-state index contributed by atoms with van der Waals surface area (Å²) in [6.45, 7) is 0. The second-order valence-electron chi connectivity index (χ2n) is 12.3. The summed E-state index contributed by atoms with van der Waals surface area (Å²) in [6, 6.07) is 55.1. The third-order valence-electron chi connectivity index (χ3n) is 9.32. The standard InChI is InChI=1S/C44H27N5S/c1-3-11-28(12-4-1)42-46-43(29-13-5-2-6-14-29)48-44(47-42)37-27-32(23-24-45-37)49-38-17-9-7-15-33(38)34-21-19-30(25-39(34)49)31-20-22-36-35-16-8-10-18-40(35)50-41(36)26-31/h1-27H. The second-order valence-corrected chi connectivity index (χ2v) is 13.4. The van der Waals surface area contributed by atoms with Crippen molar-refractivity contribution in [1.82, 2.24) is 24.5 Å². The number of para-hydroxylation sites is 1. The number of hydrogen-bond donors (Lipinski definition) is 0. The fraction of sp³-hybridized carbons (Fsp3) is 0. The van der Waals surface area contributed by atoms with Crippen molar-refractivity contribution in [3.8, 4) is 51.1 Å². The minimum Gasteiger partial charge on any atom is -0.309 e. The highest BCUT2D eigenvalue weighted by Crippen LogP contribution is 2.39. The highest BCUT2D eigenvalue weighted by atomic mass is 32.1. The zero-order valence-electron chi connectivity index (χ0n) is 26.7. The molecular weight excluding hydrogens is 631 g/mol. The Morgan fingerprint density at radius 3 is 1.74 bits per heavy atom. The van der Waals surface area contributed by atoms with Crippen molar-refractivity contribution in [2.45, 2.75) is 0 Å². The minimum atomic E-state index is 0.526. The normalized spacial score (nSPS) is 11.6. The van der Waals surface area contributed by atoms with Gasteiger partial charge in [-0.2, -0.15) is 0 Å². The van der Waals surface area contributed by atoms with Gasteiger partial charge in [-0.1, -0.05) is 121 Å². The number of pyridine rings is 1. The molecule has 0 unspecified atom stereocenters. The van der Waals surface area contributed by atoms with Crippen LogP contribution >= 0.6 is 11.3 Å². The average molecular weight is 658 g/mol. The van der Waals surface area contributed by atoms with Gasteiger partial charge in [0, 0.05) is 54.0 Å². The molecular formula is C44H27N5S. The number of benzene rings is 6. The van der Waals surface area contributed by atoms with Crippen LogP contribution in [0.3, 0.4) is 0 Å². The number of hydrogen-bond acceptors (Lipinski definition) is 5. The number of aromatic nitrogens is 5. The number of rotatable bonds is 5. The van der Waals surface area contributed by atoms with Gasteiger partial charge in [0.2, 0.25) is 0 Å². The first-order valence-corrected chi connectivity index (χ1v) is 17.4. The molecule has 0 atom stereocenters. The molecule has 0 amide bonds. The van der Waals surface area contributed by atoms with Crippen LogP contribution in [0.15, 0.2) is 164 Å². The van der Waals surface area contributed by atoms with Gasteiger partial charge in [-0.05, 0) is 47.5 Å². The predicted molar refractivity (Wildman–Crippen MR) is 207 cm³/mol. The van der Waals surface area contributed by atoms with Gasteiger partial charge >= 0.3 is 0 Å². The minimum absolute atomic E-state index is 0.526. The predicted octanol–water partition coefficient (Wildman–Crippen LogP) is 11.4. The quantitative estimate of drug-likeness (QED) is 0.185. The van der Waals surface area contributed by atoms with Crippen LogP contribution in [0.4, 0.5) is 0 Å². The monoisotopic (exact) mass is 657 g/mol. The van der Waals surface area contributed by atoms with Gasteiger partial charge in [0.1, 0.15) is 5.69 Å². The molecule has 10 rings (SSSR count). The molecule has 0 fully saturated rings. The van der Waals surface area contributed by atoms with Gasteiger partial charge < -0.3 is 4.57 Å². The van der Waals surface area contributed by atoms with Gasteiger partial charge in [-0.25, -0.2) is 15.0 Å². The van der Waals surface area contributed by atoms with Crippen LogP contribution in [0.2, 0.25) is 0 Å². The van der Waals surface area contributed by atoms with E-state index < -0.39 is 0 Å². The van der Waals surface area contributed by atoms with Crippen LogP contribution in [-0.4, -0.2) is 24.5 Å². The van der Waals surface area contributed by atoms with Crippen LogP contribution in [-0.2, 0) is 0 Å². The molecule has 50 heavy (non-hydrogen) atoms. The summed E-state index contributed by atoms with van der Waals surface area (Å²) in [5.74, 6) is 1.75. The van der Waals surface area contributed by atoms with Crippen molar-refractivity contribution >= 4 is 53.3 Å². The summed E-state index contributed by atoms with van der Waals surface area (Å²) in [5.41, 5.74) is 8.14. The van der Waals surface area contributed by atoms with Crippen molar-refractivity contribution in [3.05, 3.63) is 164 Å². The van der Waals surface area contributed by atoms with Gasteiger partial charge in [0.15, 0.2) is 17.5 Å². The molecule has 0 saturated carbocycles. The van der Waals surface area contributed by atoms with Gasteiger partial charge in [-0.15, -0.1) is 11.3 Å². The Labute approximate surface area is 291 Å². The first-order chi connectivity index (χ1) is 24.8. The third kappa shape index (κ3) is 4.77. The molecule has 0 N–H and O–H groups in total. The maximum Gasteiger partial charge on any atom is 0.182 e. The van der Waals surface area contributed by atoms with Gasteiger partial charge in [0.25, 0.3) is 0 Å². The Bertz CT molecular complexity index is 2820. The molecule has 0 radical (unpaired) electrons. The topological polar surface area (TPSA) is 56.5 Å². The molecule has 0 saturated heterocycles. The van der Waals surface area contributed by atoms with Crippen molar-refractivity contribution in [3.63, 3.8) is 0 Å². The zero-order valence-corrected chi connectivity index (χ0v) is 27.5. The lowest BCUT2D eigenvalue weighted by Crippen LogP contribution is -2.02. The number of fused-ring (bicyclic) bond motifs is 6. The molecule has 0 aliphatic carbocycles. The largest absolute Gasteiger partial charge is 0.309 e. The van der Waals surface area contributed by atoms with Crippen LogP contribution in [0.1, 0.15) is 0 Å². The third-order valence-corrected chi connectivity index (χ3v) is 10.4. The molecule has 4 heterocycles. The van der Waals surface area contributed by atoms with E-state index in [2.05, 4.69) is 102 Å². The van der Waals surface area contributed by atoms with E-state index in [1.807, 2.05) is 78.2 Å². The average Bonchev–Trinajstić information content (AvgIpc) is 3.73. The molecule has 5 nitrogen and oxygen atoms in total. The smallest absolute Gasteiger partial charge is 0.182 e. The van der Waals surface area contributed by atoms with Crippen LogP contribution in [0.5, 0.6) is 0 Å². The lowest BCUT2D eigenvalue weighted by molar-refractivity contribution is 1.05. The van der Waals surface area contributed by atoms with E-state index in [4.69, 9.17) is 19.9 Å². The summed E-state index contributed by atoms with van der Waals surface area (Å²) >= 11 is 1.85. The Hall–Kier alpha value is -6.50. The van der Waals surface area contributed by atoms with E-state index in [1.54, 1.807) is 0 Å². The Kier molecular flexibility index (Phi) is 6.60. The summed E-state index contributed by atoms with van der Waals surface area (Å²) in [6.07, 6.45) is 1.85. The highest BCUT2D eigenvalue weighted by Gasteiger charge is 2.17. The lowest BCUT2D eigenvalue weighted by atomic mass is 10.0. The Morgan fingerprint density at radius 2 is 0.980 bits per heavy atom. The SMILES string of the molecule is c1ccc(-c2nc(-c3ccccc3)nc(-c3cc(-n4c5ccccc5c5ccc(-c6ccc7c(c6)sc6ccccc67)cc54)ccn3)n2)cc1. The van der Waals surface area contributed by atoms with E-state index >= 15 is 0 Å². The van der Waals surface area contributed by atoms with Crippen LogP contribution in [0.25, 0.3) is 93.1 Å². The zero-order chi connectivity index (χ0) is 33.0. The van der Waals surface area contributed by atoms with Crippen LogP contribution in [0, 0.1) is 0 Å². The first-order valence-electron chi connectivity index (χ1n) is 16.6. The van der Waals surface area contributed by atoms with Gasteiger partial charge in [0.05, 0.1) is 11.0 Å². The summed E-state index contributed by atoms with van der Waals surface area (Å²) in [4.78, 5) is 19.6. The van der Waals surface area contributed by atoms with Crippen LogP contribution < -0.4 is 0 Å². The van der Waals surface area contributed by atoms with E-state index in [-0.39, 0.29) is 0 Å². The maximum absolute atomic E-state index is 4.95. The van der Waals surface area contributed by atoms with Crippen molar-refractivity contribution in [1.29, 1.82) is 0 Å². The van der Waals surface area contributed by atoms with Crippen molar-refractivity contribution in [2.24, 2.45) is 0 Å². The highest BCUT2D eigenvalue weighted by molar-refractivity contribution is 7.25. The van der Waals surface area contributed by atoms with Gasteiger partial charge in [-0.3, -0.25) is 4.98 Å². The van der Waals surface area contributed by atoms with E-state index in [1.165, 1.54) is 42.1 Å². The maximum atomic E-state index is 4.95.